The number of hydrogen-bond donors (Lipinski definition) is 2. The van der Waals surface area contributed by atoms with Gasteiger partial charge in [0.1, 0.15) is 5.76 Å². The van der Waals surface area contributed by atoms with E-state index in [0.717, 1.165) is 22.0 Å². The van der Waals surface area contributed by atoms with Crippen molar-refractivity contribution in [3.8, 4) is 11.5 Å². The summed E-state index contributed by atoms with van der Waals surface area (Å²) in [5, 5.41) is 4.02. The number of para-hydroxylation sites is 2. The average Bonchev–Trinajstić information content (AvgIpc) is 3.45. The molecule has 0 fully saturated rings. The summed E-state index contributed by atoms with van der Waals surface area (Å²) in [7, 11) is 3.23. The first-order valence-electron chi connectivity index (χ1n) is 9.77. The highest BCUT2D eigenvalue weighted by atomic mass is 16.5. The number of carbonyl (C=O) groups is 1. The number of fused-ring (bicyclic) bond motifs is 1. The van der Waals surface area contributed by atoms with Gasteiger partial charge in [0.15, 0.2) is 11.5 Å². The van der Waals surface area contributed by atoms with Crippen molar-refractivity contribution in [3.05, 3.63) is 83.9 Å². The standard InChI is InChI=1S/C24H24N2O4/c1-28-22-11-5-9-18(24(22)29-2)19(13-23(27)26-14-16-7-6-12-30-16)20-15-25-21-10-4-3-8-17(20)21/h3-12,15,19,25H,13-14H2,1-2H3,(H,26,27). The normalized spacial score (nSPS) is 11.9. The Morgan fingerprint density at radius 3 is 2.67 bits per heavy atom. The summed E-state index contributed by atoms with van der Waals surface area (Å²) >= 11 is 0. The van der Waals surface area contributed by atoms with E-state index in [1.165, 1.54) is 0 Å². The SMILES string of the molecule is COc1cccc(C(CC(=O)NCc2ccco2)c2c[nH]c3ccccc23)c1OC. The molecule has 0 aliphatic heterocycles. The molecule has 1 amide bonds. The molecule has 154 valence electrons. The zero-order chi connectivity index (χ0) is 20.9. The van der Waals surface area contributed by atoms with Crippen molar-refractivity contribution in [1.82, 2.24) is 10.3 Å². The number of rotatable bonds is 8. The van der Waals surface area contributed by atoms with Crippen molar-refractivity contribution in [3.63, 3.8) is 0 Å². The van der Waals surface area contributed by atoms with Gasteiger partial charge < -0.3 is 24.2 Å². The Hall–Kier alpha value is -3.67. The summed E-state index contributed by atoms with van der Waals surface area (Å²) in [6.45, 7) is 0.349. The van der Waals surface area contributed by atoms with Gasteiger partial charge in [-0.25, -0.2) is 0 Å². The maximum Gasteiger partial charge on any atom is 0.221 e. The van der Waals surface area contributed by atoms with E-state index in [1.807, 2.05) is 48.7 Å². The number of ether oxygens (including phenoxy) is 2. The smallest absolute Gasteiger partial charge is 0.221 e. The van der Waals surface area contributed by atoms with Crippen LogP contribution < -0.4 is 14.8 Å². The first-order valence-corrected chi connectivity index (χ1v) is 9.77. The van der Waals surface area contributed by atoms with Crippen LogP contribution in [0.5, 0.6) is 11.5 Å². The molecule has 2 N–H and O–H groups in total. The third-order valence-electron chi connectivity index (χ3n) is 5.23. The highest BCUT2D eigenvalue weighted by molar-refractivity contribution is 5.86. The van der Waals surface area contributed by atoms with E-state index in [-0.39, 0.29) is 18.2 Å². The summed E-state index contributed by atoms with van der Waals surface area (Å²) in [6, 6.07) is 17.5. The van der Waals surface area contributed by atoms with Gasteiger partial charge in [0.05, 0.1) is 27.0 Å². The summed E-state index contributed by atoms with van der Waals surface area (Å²) < 4.78 is 16.5. The lowest BCUT2D eigenvalue weighted by Crippen LogP contribution is -2.25. The van der Waals surface area contributed by atoms with Crippen molar-refractivity contribution in [2.75, 3.05) is 14.2 Å². The Bertz CT molecular complexity index is 1130. The number of furan rings is 1. The second kappa shape index (κ2) is 8.78. The Morgan fingerprint density at radius 1 is 1.03 bits per heavy atom. The molecule has 4 aromatic rings. The third kappa shape index (κ3) is 3.89. The second-order valence-corrected chi connectivity index (χ2v) is 6.99. The molecule has 2 aromatic heterocycles. The molecular formula is C24H24N2O4. The van der Waals surface area contributed by atoms with Gasteiger partial charge in [-0.2, -0.15) is 0 Å². The minimum atomic E-state index is -0.220. The summed E-state index contributed by atoms with van der Waals surface area (Å²) in [5.74, 6) is 1.69. The number of H-pyrrole nitrogens is 1. The van der Waals surface area contributed by atoms with Gasteiger partial charge >= 0.3 is 0 Å². The number of hydrogen-bond acceptors (Lipinski definition) is 4. The Morgan fingerprint density at radius 2 is 1.90 bits per heavy atom. The zero-order valence-electron chi connectivity index (χ0n) is 17.0. The Balaban J connectivity index is 1.71. The molecule has 2 heterocycles. The van der Waals surface area contributed by atoms with E-state index in [2.05, 4.69) is 16.4 Å². The molecule has 4 rings (SSSR count). The van der Waals surface area contributed by atoms with Crippen molar-refractivity contribution in [1.29, 1.82) is 0 Å². The topological polar surface area (TPSA) is 76.5 Å². The van der Waals surface area contributed by atoms with Gasteiger partial charge in [-0.05, 0) is 29.8 Å². The zero-order valence-corrected chi connectivity index (χ0v) is 17.0. The van der Waals surface area contributed by atoms with Gasteiger partial charge in [0.25, 0.3) is 0 Å². The first-order chi connectivity index (χ1) is 14.7. The van der Waals surface area contributed by atoms with Crippen LogP contribution in [0.25, 0.3) is 10.9 Å². The molecule has 0 bridgehead atoms. The minimum Gasteiger partial charge on any atom is -0.493 e. The minimum absolute atomic E-state index is 0.0773. The predicted molar refractivity (Wildman–Crippen MR) is 115 cm³/mol. The van der Waals surface area contributed by atoms with Crippen LogP contribution in [0.1, 0.15) is 29.2 Å². The molecule has 1 atom stereocenters. The van der Waals surface area contributed by atoms with E-state index in [4.69, 9.17) is 13.9 Å². The van der Waals surface area contributed by atoms with Crippen LogP contribution in [-0.2, 0) is 11.3 Å². The molecular weight excluding hydrogens is 380 g/mol. The van der Waals surface area contributed by atoms with Gasteiger partial charge in [-0.15, -0.1) is 0 Å². The van der Waals surface area contributed by atoms with Crippen LogP contribution in [-0.4, -0.2) is 25.1 Å². The van der Waals surface area contributed by atoms with Gasteiger partial charge in [-0.3, -0.25) is 4.79 Å². The molecule has 1 unspecified atom stereocenters. The molecule has 0 radical (unpaired) electrons. The van der Waals surface area contributed by atoms with Crippen LogP contribution in [0.15, 0.2) is 71.5 Å². The fourth-order valence-corrected chi connectivity index (χ4v) is 3.81. The lowest BCUT2D eigenvalue weighted by Gasteiger charge is -2.21. The number of methoxy groups -OCH3 is 2. The molecule has 2 aromatic carbocycles. The second-order valence-electron chi connectivity index (χ2n) is 6.99. The Labute approximate surface area is 174 Å². The molecule has 6 heteroatoms. The number of amides is 1. The van der Waals surface area contributed by atoms with E-state index in [1.54, 1.807) is 26.5 Å². The lowest BCUT2D eigenvalue weighted by molar-refractivity contribution is -0.121. The fraction of sp³-hybridized carbons (Fsp3) is 0.208. The van der Waals surface area contributed by atoms with Crippen LogP contribution in [0.3, 0.4) is 0 Å². The van der Waals surface area contributed by atoms with Crippen molar-refractivity contribution in [2.45, 2.75) is 18.9 Å². The number of carbonyl (C=O) groups excluding carboxylic acids is 1. The van der Waals surface area contributed by atoms with Gasteiger partial charge in [-0.1, -0.05) is 30.3 Å². The molecule has 0 aliphatic carbocycles. The first kappa shape index (κ1) is 19.6. The largest absolute Gasteiger partial charge is 0.493 e. The molecule has 6 nitrogen and oxygen atoms in total. The average molecular weight is 404 g/mol. The number of benzene rings is 2. The summed E-state index contributed by atoms with van der Waals surface area (Å²) in [4.78, 5) is 16.2. The van der Waals surface area contributed by atoms with Gasteiger partial charge in [0.2, 0.25) is 5.91 Å². The maximum absolute atomic E-state index is 12.9. The maximum atomic E-state index is 12.9. The van der Waals surface area contributed by atoms with E-state index in [9.17, 15) is 4.79 Å². The fourth-order valence-electron chi connectivity index (χ4n) is 3.81. The Kier molecular flexibility index (Phi) is 5.75. The lowest BCUT2D eigenvalue weighted by atomic mass is 9.87. The van der Waals surface area contributed by atoms with Crippen LogP contribution in [0.2, 0.25) is 0 Å². The van der Waals surface area contributed by atoms with E-state index < -0.39 is 0 Å². The van der Waals surface area contributed by atoms with Crippen molar-refractivity contribution in [2.24, 2.45) is 0 Å². The molecule has 0 spiro atoms. The van der Waals surface area contributed by atoms with Crippen LogP contribution in [0.4, 0.5) is 0 Å². The summed E-state index contributed by atoms with van der Waals surface area (Å²) in [6.07, 6.45) is 3.82. The van der Waals surface area contributed by atoms with E-state index >= 15 is 0 Å². The quantitative estimate of drug-likeness (QED) is 0.449. The predicted octanol–water partition coefficient (Wildman–Crippen LogP) is 4.62. The molecule has 0 saturated heterocycles. The number of aromatic nitrogens is 1. The number of aromatic amines is 1. The highest BCUT2D eigenvalue weighted by Gasteiger charge is 2.26. The molecule has 30 heavy (non-hydrogen) atoms. The van der Waals surface area contributed by atoms with Gasteiger partial charge in [0, 0.05) is 35.0 Å². The van der Waals surface area contributed by atoms with Crippen LogP contribution >= 0.6 is 0 Å². The molecule has 0 aliphatic rings. The third-order valence-corrected chi connectivity index (χ3v) is 5.23. The van der Waals surface area contributed by atoms with Crippen molar-refractivity contribution >= 4 is 16.8 Å². The van der Waals surface area contributed by atoms with E-state index in [0.29, 0.717) is 23.8 Å². The van der Waals surface area contributed by atoms with Crippen LogP contribution in [0, 0.1) is 0 Å². The van der Waals surface area contributed by atoms with Crippen molar-refractivity contribution < 1.29 is 18.7 Å². The molecule has 0 saturated carbocycles. The monoisotopic (exact) mass is 404 g/mol. The summed E-state index contributed by atoms with van der Waals surface area (Å²) in [5.41, 5.74) is 2.95. The highest BCUT2D eigenvalue weighted by Crippen LogP contribution is 2.41. The number of nitrogens with one attached hydrogen (secondary N) is 2.